The first-order valence-corrected chi connectivity index (χ1v) is 6.97. The number of hydrogen-bond donors (Lipinski definition) is 3. The molecule has 0 saturated heterocycles. The summed E-state index contributed by atoms with van der Waals surface area (Å²) < 4.78 is 5.16. The minimum Gasteiger partial charge on any atom is -0.444 e. The van der Waals surface area contributed by atoms with E-state index in [2.05, 4.69) is 24.5 Å². The van der Waals surface area contributed by atoms with Crippen LogP contribution in [0.4, 0.5) is 4.79 Å². The van der Waals surface area contributed by atoms with Gasteiger partial charge in [-0.25, -0.2) is 4.79 Å². The molecule has 0 aliphatic carbocycles. The molecule has 0 aliphatic heterocycles. The Labute approximate surface area is 117 Å². The van der Waals surface area contributed by atoms with Gasteiger partial charge in [0.2, 0.25) is 0 Å². The molecule has 0 aromatic heterocycles. The summed E-state index contributed by atoms with van der Waals surface area (Å²) in [6.45, 7) is 12.3. The number of hydrogen-bond acceptors (Lipinski definition) is 4. The van der Waals surface area contributed by atoms with Gasteiger partial charge in [-0.15, -0.1) is 0 Å². The highest BCUT2D eigenvalue weighted by molar-refractivity contribution is 5.67. The van der Waals surface area contributed by atoms with Crippen molar-refractivity contribution in [2.45, 2.75) is 65.6 Å². The molecule has 0 saturated carbocycles. The molecule has 2 atom stereocenters. The SMILES string of the molecule is CC(C)CC(CO)NC(C)CNC(=O)OC(C)(C)C. The van der Waals surface area contributed by atoms with Gasteiger partial charge < -0.3 is 20.5 Å². The zero-order chi connectivity index (χ0) is 15.1. The van der Waals surface area contributed by atoms with Gasteiger partial charge in [0, 0.05) is 18.6 Å². The monoisotopic (exact) mass is 274 g/mol. The Hall–Kier alpha value is -0.810. The van der Waals surface area contributed by atoms with Crippen LogP contribution < -0.4 is 10.6 Å². The standard InChI is InChI=1S/C14H30N2O3/c1-10(2)7-12(9-17)16-11(3)8-15-13(18)19-14(4,5)6/h10-12,16-17H,7-9H2,1-6H3,(H,15,18). The van der Waals surface area contributed by atoms with E-state index in [4.69, 9.17) is 4.74 Å². The molecule has 0 aromatic rings. The summed E-state index contributed by atoms with van der Waals surface area (Å²) in [6.07, 6.45) is 0.498. The van der Waals surface area contributed by atoms with Crippen LogP contribution >= 0.6 is 0 Å². The normalized spacial score (nSPS) is 15.2. The molecule has 1 amide bonds. The molecule has 0 rings (SSSR count). The molecule has 0 radical (unpaired) electrons. The Morgan fingerprint density at radius 1 is 1.26 bits per heavy atom. The molecule has 0 bridgehead atoms. The molecular weight excluding hydrogens is 244 g/mol. The summed E-state index contributed by atoms with van der Waals surface area (Å²) in [5.74, 6) is 0.524. The number of alkyl carbamates (subject to hydrolysis) is 1. The summed E-state index contributed by atoms with van der Waals surface area (Å²) in [4.78, 5) is 11.5. The molecule has 5 nitrogen and oxygen atoms in total. The minimum absolute atomic E-state index is 0.0652. The number of amides is 1. The van der Waals surface area contributed by atoms with Crippen molar-refractivity contribution in [1.82, 2.24) is 10.6 Å². The van der Waals surface area contributed by atoms with Gasteiger partial charge in [0.25, 0.3) is 0 Å². The van der Waals surface area contributed by atoms with Crippen LogP contribution in [0.15, 0.2) is 0 Å². The molecule has 5 heteroatoms. The predicted octanol–water partition coefficient (Wildman–Crippen LogP) is 1.90. The van der Waals surface area contributed by atoms with Gasteiger partial charge in [-0.3, -0.25) is 0 Å². The van der Waals surface area contributed by atoms with Crippen molar-refractivity contribution >= 4 is 6.09 Å². The van der Waals surface area contributed by atoms with E-state index in [0.717, 1.165) is 6.42 Å². The number of ether oxygens (including phenoxy) is 1. The lowest BCUT2D eigenvalue weighted by Gasteiger charge is -2.24. The average molecular weight is 274 g/mol. The topological polar surface area (TPSA) is 70.6 Å². The van der Waals surface area contributed by atoms with Crippen LogP contribution in [0.1, 0.15) is 48.0 Å². The lowest BCUT2D eigenvalue weighted by atomic mass is 10.0. The van der Waals surface area contributed by atoms with Crippen molar-refractivity contribution in [3.63, 3.8) is 0 Å². The maximum atomic E-state index is 11.5. The first kappa shape index (κ1) is 18.2. The highest BCUT2D eigenvalue weighted by Gasteiger charge is 2.17. The number of aliphatic hydroxyl groups is 1. The second-order valence-electron chi connectivity index (χ2n) is 6.46. The number of aliphatic hydroxyl groups excluding tert-OH is 1. The second kappa shape index (κ2) is 8.38. The largest absolute Gasteiger partial charge is 0.444 e. The average Bonchev–Trinajstić information content (AvgIpc) is 2.22. The third-order valence-corrected chi connectivity index (χ3v) is 2.45. The zero-order valence-corrected chi connectivity index (χ0v) is 13.1. The van der Waals surface area contributed by atoms with Gasteiger partial charge in [-0.1, -0.05) is 13.8 Å². The maximum Gasteiger partial charge on any atom is 0.407 e. The Balaban J connectivity index is 3.97. The van der Waals surface area contributed by atoms with Crippen LogP contribution in [0.5, 0.6) is 0 Å². The fourth-order valence-corrected chi connectivity index (χ4v) is 1.78. The lowest BCUT2D eigenvalue weighted by Crippen LogP contribution is -2.46. The third kappa shape index (κ3) is 10.8. The van der Waals surface area contributed by atoms with E-state index in [1.54, 1.807) is 0 Å². The summed E-state index contributed by atoms with van der Waals surface area (Å²) in [6, 6.07) is 0.152. The Morgan fingerprint density at radius 3 is 2.26 bits per heavy atom. The van der Waals surface area contributed by atoms with Crippen LogP contribution in [0.2, 0.25) is 0 Å². The van der Waals surface area contributed by atoms with E-state index in [1.807, 2.05) is 27.7 Å². The Morgan fingerprint density at radius 2 is 1.84 bits per heavy atom. The quantitative estimate of drug-likeness (QED) is 0.663. The molecule has 0 aromatic carbocycles. The molecule has 2 unspecified atom stereocenters. The van der Waals surface area contributed by atoms with E-state index in [1.165, 1.54) is 0 Å². The summed E-state index contributed by atoms with van der Waals surface area (Å²) in [5.41, 5.74) is -0.480. The lowest BCUT2D eigenvalue weighted by molar-refractivity contribution is 0.0521. The molecule has 114 valence electrons. The van der Waals surface area contributed by atoms with E-state index in [0.29, 0.717) is 12.5 Å². The van der Waals surface area contributed by atoms with Gasteiger partial charge in [0.15, 0.2) is 0 Å². The van der Waals surface area contributed by atoms with Crippen molar-refractivity contribution in [1.29, 1.82) is 0 Å². The van der Waals surface area contributed by atoms with Crippen molar-refractivity contribution in [2.75, 3.05) is 13.2 Å². The van der Waals surface area contributed by atoms with Gasteiger partial charge in [0.05, 0.1) is 6.61 Å². The molecule has 0 aliphatic rings. The van der Waals surface area contributed by atoms with E-state index in [-0.39, 0.29) is 18.7 Å². The number of rotatable bonds is 7. The van der Waals surface area contributed by atoms with Crippen molar-refractivity contribution in [3.8, 4) is 0 Å². The van der Waals surface area contributed by atoms with Crippen molar-refractivity contribution in [3.05, 3.63) is 0 Å². The van der Waals surface area contributed by atoms with Gasteiger partial charge >= 0.3 is 6.09 Å². The van der Waals surface area contributed by atoms with Crippen LogP contribution in [0.3, 0.4) is 0 Å². The highest BCUT2D eigenvalue weighted by Crippen LogP contribution is 2.07. The van der Waals surface area contributed by atoms with Crippen LogP contribution in [-0.2, 0) is 4.74 Å². The molecule has 0 spiro atoms. The number of carbonyl (C=O) groups excluding carboxylic acids is 1. The van der Waals surface area contributed by atoms with Crippen LogP contribution in [0.25, 0.3) is 0 Å². The third-order valence-electron chi connectivity index (χ3n) is 2.45. The van der Waals surface area contributed by atoms with Crippen molar-refractivity contribution < 1.29 is 14.6 Å². The summed E-state index contributed by atoms with van der Waals surface area (Å²) >= 11 is 0. The molecular formula is C14H30N2O3. The predicted molar refractivity (Wildman–Crippen MR) is 77.2 cm³/mol. The smallest absolute Gasteiger partial charge is 0.407 e. The number of carbonyl (C=O) groups is 1. The fraction of sp³-hybridized carbons (Fsp3) is 0.929. The molecule has 3 N–H and O–H groups in total. The van der Waals surface area contributed by atoms with Crippen LogP contribution in [0, 0.1) is 5.92 Å². The van der Waals surface area contributed by atoms with Gasteiger partial charge in [-0.05, 0) is 40.0 Å². The minimum atomic E-state index is -0.480. The van der Waals surface area contributed by atoms with E-state index < -0.39 is 11.7 Å². The zero-order valence-electron chi connectivity index (χ0n) is 13.1. The van der Waals surface area contributed by atoms with Gasteiger partial charge in [0.1, 0.15) is 5.60 Å². The van der Waals surface area contributed by atoms with E-state index >= 15 is 0 Å². The summed E-state index contributed by atoms with van der Waals surface area (Å²) in [7, 11) is 0. The first-order chi connectivity index (χ1) is 8.64. The maximum absolute atomic E-state index is 11.5. The first-order valence-electron chi connectivity index (χ1n) is 6.97. The van der Waals surface area contributed by atoms with Crippen molar-refractivity contribution in [2.24, 2.45) is 5.92 Å². The fourth-order valence-electron chi connectivity index (χ4n) is 1.78. The molecule has 19 heavy (non-hydrogen) atoms. The Bertz CT molecular complexity index is 262. The molecule has 0 heterocycles. The summed E-state index contributed by atoms with van der Waals surface area (Å²) in [5, 5.41) is 15.3. The van der Waals surface area contributed by atoms with E-state index in [9.17, 15) is 9.90 Å². The molecule has 0 fully saturated rings. The Kier molecular flexibility index (Phi) is 8.02. The van der Waals surface area contributed by atoms with Crippen LogP contribution in [-0.4, -0.2) is 42.0 Å². The second-order valence-corrected chi connectivity index (χ2v) is 6.46. The van der Waals surface area contributed by atoms with Gasteiger partial charge in [-0.2, -0.15) is 0 Å². The number of nitrogens with one attached hydrogen (secondary N) is 2. The highest BCUT2D eigenvalue weighted by atomic mass is 16.6.